The van der Waals surface area contributed by atoms with Gasteiger partial charge in [0.1, 0.15) is 5.75 Å². The van der Waals surface area contributed by atoms with Crippen LogP contribution in [0.25, 0.3) is 0 Å². The summed E-state index contributed by atoms with van der Waals surface area (Å²) in [4.78, 5) is 2.26. The SMILES string of the molecule is Cc1cc(Cl)c(O)c(C2CC(CN)CN2C)c1C. The monoisotopic (exact) mass is 268 g/mol. The average Bonchev–Trinajstić information content (AvgIpc) is 2.69. The number of rotatable bonds is 2. The van der Waals surface area contributed by atoms with Crippen molar-refractivity contribution in [3.05, 3.63) is 27.8 Å². The van der Waals surface area contributed by atoms with Crippen molar-refractivity contribution in [2.75, 3.05) is 20.1 Å². The minimum atomic E-state index is 0.218. The van der Waals surface area contributed by atoms with Gasteiger partial charge in [0.15, 0.2) is 0 Å². The van der Waals surface area contributed by atoms with Crippen molar-refractivity contribution in [1.82, 2.24) is 4.90 Å². The Hall–Kier alpha value is -0.770. The normalized spacial score (nSPS) is 24.7. The van der Waals surface area contributed by atoms with E-state index in [1.807, 2.05) is 19.9 Å². The smallest absolute Gasteiger partial charge is 0.139 e. The predicted molar refractivity (Wildman–Crippen MR) is 75.1 cm³/mol. The standard InChI is InChI=1S/C14H21ClN2O/c1-8-4-11(15)14(18)13(9(8)2)12-5-10(6-16)7-17(12)3/h4,10,12,18H,5-7,16H2,1-3H3. The average molecular weight is 269 g/mol. The van der Waals surface area contributed by atoms with E-state index in [2.05, 4.69) is 11.9 Å². The van der Waals surface area contributed by atoms with E-state index in [4.69, 9.17) is 17.3 Å². The molecule has 1 aromatic rings. The fraction of sp³-hybridized carbons (Fsp3) is 0.571. The number of aromatic hydroxyl groups is 1. The Balaban J connectivity index is 2.45. The molecule has 0 saturated carbocycles. The molecule has 1 saturated heterocycles. The van der Waals surface area contributed by atoms with Crippen LogP contribution in [0.5, 0.6) is 5.75 Å². The summed E-state index contributed by atoms with van der Waals surface area (Å²) >= 11 is 6.09. The molecule has 0 bridgehead atoms. The van der Waals surface area contributed by atoms with Gasteiger partial charge in [-0.25, -0.2) is 0 Å². The first kappa shape index (κ1) is 13.7. The molecule has 3 nitrogen and oxygen atoms in total. The Bertz CT molecular complexity index is 435. The zero-order valence-corrected chi connectivity index (χ0v) is 12.0. The summed E-state index contributed by atoms with van der Waals surface area (Å²) < 4.78 is 0. The molecular weight excluding hydrogens is 248 g/mol. The first-order valence-corrected chi connectivity index (χ1v) is 6.72. The third-order valence-electron chi connectivity index (χ3n) is 4.12. The molecule has 4 heteroatoms. The Morgan fingerprint density at radius 1 is 1.50 bits per heavy atom. The maximum Gasteiger partial charge on any atom is 0.139 e. The molecule has 3 N–H and O–H groups in total. The highest BCUT2D eigenvalue weighted by atomic mass is 35.5. The maximum atomic E-state index is 10.3. The second kappa shape index (κ2) is 5.08. The van der Waals surface area contributed by atoms with Crippen LogP contribution < -0.4 is 5.73 Å². The third-order valence-corrected chi connectivity index (χ3v) is 4.41. The van der Waals surface area contributed by atoms with Gasteiger partial charge in [-0.2, -0.15) is 0 Å². The van der Waals surface area contributed by atoms with Crippen LogP contribution in [0.15, 0.2) is 6.07 Å². The van der Waals surface area contributed by atoms with Crippen molar-refractivity contribution in [2.45, 2.75) is 26.3 Å². The Kier molecular flexibility index (Phi) is 3.85. The van der Waals surface area contributed by atoms with Gasteiger partial charge in [-0.1, -0.05) is 11.6 Å². The second-order valence-corrected chi connectivity index (χ2v) is 5.76. The molecule has 0 aromatic heterocycles. The van der Waals surface area contributed by atoms with Crippen molar-refractivity contribution >= 4 is 11.6 Å². The van der Waals surface area contributed by atoms with Gasteiger partial charge in [-0.05, 0) is 57.0 Å². The number of likely N-dealkylation sites (tertiary alicyclic amines) is 1. The van der Waals surface area contributed by atoms with Gasteiger partial charge in [0.2, 0.25) is 0 Å². The number of halogens is 1. The van der Waals surface area contributed by atoms with E-state index >= 15 is 0 Å². The van der Waals surface area contributed by atoms with Crippen LogP contribution in [0.4, 0.5) is 0 Å². The molecular formula is C14H21ClN2O. The van der Waals surface area contributed by atoms with E-state index in [9.17, 15) is 5.11 Å². The minimum absolute atomic E-state index is 0.218. The molecule has 1 aliphatic heterocycles. The Morgan fingerprint density at radius 3 is 2.72 bits per heavy atom. The zero-order chi connectivity index (χ0) is 13.4. The minimum Gasteiger partial charge on any atom is -0.506 e. The molecule has 1 aliphatic rings. The second-order valence-electron chi connectivity index (χ2n) is 5.36. The highest BCUT2D eigenvalue weighted by Gasteiger charge is 2.33. The summed E-state index contributed by atoms with van der Waals surface area (Å²) in [5, 5.41) is 10.7. The number of phenols is 1. The number of hydrogen-bond donors (Lipinski definition) is 2. The molecule has 0 aliphatic carbocycles. The Labute approximate surface area is 114 Å². The quantitative estimate of drug-likeness (QED) is 0.867. The van der Waals surface area contributed by atoms with Crippen LogP contribution in [0.3, 0.4) is 0 Å². The van der Waals surface area contributed by atoms with Crippen LogP contribution >= 0.6 is 11.6 Å². The summed E-state index contributed by atoms with van der Waals surface area (Å²) in [6.45, 7) is 5.75. The van der Waals surface area contributed by atoms with Gasteiger partial charge in [0.25, 0.3) is 0 Å². The van der Waals surface area contributed by atoms with E-state index < -0.39 is 0 Å². The molecule has 2 unspecified atom stereocenters. The highest BCUT2D eigenvalue weighted by Crippen LogP contribution is 2.43. The number of hydrogen-bond acceptors (Lipinski definition) is 3. The van der Waals surface area contributed by atoms with E-state index in [0.29, 0.717) is 17.5 Å². The van der Waals surface area contributed by atoms with Crippen molar-refractivity contribution in [2.24, 2.45) is 11.7 Å². The topological polar surface area (TPSA) is 49.5 Å². The third kappa shape index (κ3) is 2.22. The summed E-state index contributed by atoms with van der Waals surface area (Å²) in [6, 6.07) is 2.04. The van der Waals surface area contributed by atoms with Crippen LogP contribution in [-0.2, 0) is 0 Å². The van der Waals surface area contributed by atoms with Crippen LogP contribution in [0, 0.1) is 19.8 Å². The lowest BCUT2D eigenvalue weighted by atomic mass is 9.93. The van der Waals surface area contributed by atoms with Crippen molar-refractivity contribution in [1.29, 1.82) is 0 Å². The van der Waals surface area contributed by atoms with Gasteiger partial charge in [-0.15, -0.1) is 0 Å². The zero-order valence-electron chi connectivity index (χ0n) is 11.2. The Morgan fingerprint density at radius 2 is 2.17 bits per heavy atom. The molecule has 1 heterocycles. The molecule has 100 valence electrons. The van der Waals surface area contributed by atoms with Crippen LogP contribution in [-0.4, -0.2) is 30.1 Å². The summed E-state index contributed by atoms with van der Waals surface area (Å²) in [5.74, 6) is 0.729. The first-order chi connectivity index (χ1) is 8.45. The molecule has 0 amide bonds. The van der Waals surface area contributed by atoms with E-state index in [1.165, 1.54) is 0 Å². The molecule has 1 aromatic carbocycles. The van der Waals surface area contributed by atoms with Crippen molar-refractivity contribution in [3.63, 3.8) is 0 Å². The van der Waals surface area contributed by atoms with Gasteiger partial charge in [0, 0.05) is 18.2 Å². The van der Waals surface area contributed by atoms with E-state index in [1.54, 1.807) is 0 Å². The van der Waals surface area contributed by atoms with E-state index in [0.717, 1.165) is 29.7 Å². The molecule has 2 rings (SSSR count). The lowest BCUT2D eigenvalue weighted by Crippen LogP contribution is -2.21. The molecule has 2 atom stereocenters. The number of benzene rings is 1. The summed E-state index contributed by atoms with van der Waals surface area (Å²) in [7, 11) is 2.08. The maximum absolute atomic E-state index is 10.3. The molecule has 18 heavy (non-hydrogen) atoms. The molecule has 0 radical (unpaired) electrons. The number of phenolic OH excluding ortho intramolecular Hbond substituents is 1. The van der Waals surface area contributed by atoms with Crippen LogP contribution in [0.2, 0.25) is 5.02 Å². The summed E-state index contributed by atoms with van der Waals surface area (Å²) in [5.41, 5.74) is 8.98. The predicted octanol–water partition coefficient (Wildman–Crippen LogP) is 2.61. The molecule has 0 spiro atoms. The fourth-order valence-corrected chi connectivity index (χ4v) is 3.17. The summed E-state index contributed by atoms with van der Waals surface area (Å²) in [6.07, 6.45) is 0.987. The van der Waals surface area contributed by atoms with Gasteiger partial charge in [0.05, 0.1) is 5.02 Å². The van der Waals surface area contributed by atoms with Gasteiger partial charge < -0.3 is 10.8 Å². The van der Waals surface area contributed by atoms with Crippen molar-refractivity contribution < 1.29 is 5.11 Å². The van der Waals surface area contributed by atoms with Gasteiger partial charge >= 0.3 is 0 Å². The number of nitrogens with zero attached hydrogens (tertiary/aromatic N) is 1. The lowest BCUT2D eigenvalue weighted by molar-refractivity contribution is 0.305. The number of aryl methyl sites for hydroxylation is 1. The lowest BCUT2D eigenvalue weighted by Gasteiger charge is -2.24. The van der Waals surface area contributed by atoms with Gasteiger partial charge in [-0.3, -0.25) is 4.90 Å². The van der Waals surface area contributed by atoms with Crippen LogP contribution in [0.1, 0.15) is 29.2 Å². The van der Waals surface area contributed by atoms with E-state index in [-0.39, 0.29) is 11.8 Å². The highest BCUT2D eigenvalue weighted by molar-refractivity contribution is 6.32. The number of nitrogens with two attached hydrogens (primary N) is 1. The largest absolute Gasteiger partial charge is 0.506 e. The first-order valence-electron chi connectivity index (χ1n) is 6.34. The fourth-order valence-electron chi connectivity index (χ4n) is 2.91. The van der Waals surface area contributed by atoms with Crippen molar-refractivity contribution in [3.8, 4) is 5.75 Å². The molecule has 1 fully saturated rings.